The molecule has 2 aromatic heterocycles. The zero-order chi connectivity index (χ0) is 10.2. The smallest absolute Gasteiger partial charge is 0.180 e. The van der Waals surface area contributed by atoms with Crippen LogP contribution in [0.2, 0.25) is 0 Å². The van der Waals surface area contributed by atoms with Gasteiger partial charge in [-0.3, -0.25) is 0 Å². The van der Waals surface area contributed by atoms with E-state index in [0.29, 0.717) is 17.0 Å². The molecule has 1 atom stereocenters. The molecular formula is C8H11N5O. The van der Waals surface area contributed by atoms with Gasteiger partial charge >= 0.3 is 0 Å². The van der Waals surface area contributed by atoms with Crippen LogP contribution >= 0.6 is 0 Å². The van der Waals surface area contributed by atoms with Gasteiger partial charge < -0.3 is 15.8 Å². The lowest BCUT2D eigenvalue weighted by Gasteiger charge is -2.17. The molecule has 0 spiro atoms. The Morgan fingerprint density at radius 3 is 3.07 bits per heavy atom. The molecule has 0 aromatic carbocycles. The minimum atomic E-state index is -0.874. The van der Waals surface area contributed by atoms with E-state index in [1.807, 2.05) is 0 Å². The van der Waals surface area contributed by atoms with Crippen molar-refractivity contribution < 1.29 is 5.11 Å². The molecule has 2 aromatic rings. The maximum Gasteiger partial charge on any atom is 0.180 e. The number of aliphatic hydroxyl groups is 1. The van der Waals surface area contributed by atoms with Gasteiger partial charge in [0, 0.05) is 0 Å². The van der Waals surface area contributed by atoms with E-state index in [4.69, 9.17) is 10.8 Å². The number of imidazole rings is 1. The first-order valence-corrected chi connectivity index (χ1v) is 4.19. The summed E-state index contributed by atoms with van der Waals surface area (Å²) in [5.41, 5.74) is 6.21. The lowest BCUT2D eigenvalue weighted by Crippen LogP contribution is -2.38. The summed E-state index contributed by atoms with van der Waals surface area (Å²) in [6, 6.07) is 0. The van der Waals surface area contributed by atoms with E-state index in [-0.39, 0.29) is 6.61 Å². The van der Waals surface area contributed by atoms with Crippen molar-refractivity contribution in [2.24, 2.45) is 5.73 Å². The summed E-state index contributed by atoms with van der Waals surface area (Å²) in [5.74, 6) is 0.510. The third-order valence-corrected chi connectivity index (χ3v) is 2.03. The molecule has 0 aliphatic carbocycles. The largest absolute Gasteiger partial charge is 0.394 e. The number of hydrogen-bond acceptors (Lipinski definition) is 5. The van der Waals surface area contributed by atoms with Crippen molar-refractivity contribution in [1.29, 1.82) is 0 Å². The summed E-state index contributed by atoms with van der Waals surface area (Å²) in [6.07, 6.45) is 3.03. The second kappa shape index (κ2) is 3.00. The van der Waals surface area contributed by atoms with Gasteiger partial charge in [-0.2, -0.15) is 0 Å². The van der Waals surface area contributed by atoms with Crippen LogP contribution in [-0.4, -0.2) is 31.6 Å². The Balaban J connectivity index is 2.55. The van der Waals surface area contributed by atoms with E-state index in [0.717, 1.165) is 0 Å². The molecule has 0 saturated heterocycles. The molecule has 2 heterocycles. The molecule has 0 amide bonds. The van der Waals surface area contributed by atoms with Gasteiger partial charge in [0.25, 0.3) is 0 Å². The molecular weight excluding hydrogens is 182 g/mol. The van der Waals surface area contributed by atoms with Crippen LogP contribution in [0.3, 0.4) is 0 Å². The van der Waals surface area contributed by atoms with Crippen LogP contribution in [0.5, 0.6) is 0 Å². The van der Waals surface area contributed by atoms with Crippen LogP contribution in [0, 0.1) is 0 Å². The second-order valence-electron chi connectivity index (χ2n) is 3.42. The van der Waals surface area contributed by atoms with Crippen LogP contribution < -0.4 is 5.73 Å². The molecule has 4 N–H and O–H groups in total. The predicted octanol–water partition coefficient (Wildman–Crippen LogP) is -0.481. The number of hydrogen-bond donors (Lipinski definition) is 3. The summed E-state index contributed by atoms with van der Waals surface area (Å²) in [6.45, 7) is 1.51. The Bertz CT molecular complexity index is 417. The highest BCUT2D eigenvalue weighted by atomic mass is 16.3. The fourth-order valence-electron chi connectivity index (χ4n) is 1.11. The van der Waals surface area contributed by atoms with E-state index < -0.39 is 5.54 Å². The van der Waals surface area contributed by atoms with Crippen LogP contribution in [0.15, 0.2) is 12.5 Å². The number of nitrogens with two attached hydrogens (primary N) is 1. The minimum absolute atomic E-state index is 0.180. The van der Waals surface area contributed by atoms with E-state index in [2.05, 4.69) is 19.9 Å². The van der Waals surface area contributed by atoms with Gasteiger partial charge in [0.2, 0.25) is 0 Å². The first kappa shape index (κ1) is 9.04. The quantitative estimate of drug-likeness (QED) is 0.598. The van der Waals surface area contributed by atoms with Crippen LogP contribution in [0.1, 0.15) is 12.7 Å². The van der Waals surface area contributed by atoms with Crippen molar-refractivity contribution in [3.63, 3.8) is 0 Å². The predicted molar refractivity (Wildman–Crippen MR) is 50.3 cm³/mol. The Kier molecular flexibility index (Phi) is 1.94. The normalized spacial score (nSPS) is 15.6. The van der Waals surface area contributed by atoms with Gasteiger partial charge in [-0.15, -0.1) is 0 Å². The Morgan fingerprint density at radius 2 is 2.43 bits per heavy atom. The summed E-state index contributed by atoms with van der Waals surface area (Å²) in [4.78, 5) is 14.9. The minimum Gasteiger partial charge on any atom is -0.394 e. The van der Waals surface area contributed by atoms with Crippen molar-refractivity contribution in [2.75, 3.05) is 6.61 Å². The number of nitrogens with zero attached hydrogens (tertiary/aromatic N) is 3. The van der Waals surface area contributed by atoms with Crippen molar-refractivity contribution in [1.82, 2.24) is 19.9 Å². The van der Waals surface area contributed by atoms with Crippen LogP contribution in [-0.2, 0) is 5.54 Å². The molecule has 0 saturated carbocycles. The Morgan fingerprint density at radius 1 is 1.64 bits per heavy atom. The molecule has 6 nitrogen and oxygen atoms in total. The number of H-pyrrole nitrogens is 1. The number of rotatable bonds is 2. The molecule has 2 rings (SSSR count). The van der Waals surface area contributed by atoms with Crippen LogP contribution in [0.25, 0.3) is 11.2 Å². The number of aliphatic hydroxyl groups excluding tert-OH is 1. The Labute approximate surface area is 80.2 Å². The number of nitrogens with one attached hydrogen (secondary N) is 1. The Hall–Kier alpha value is -1.53. The first-order chi connectivity index (χ1) is 6.63. The van der Waals surface area contributed by atoms with E-state index >= 15 is 0 Å². The monoisotopic (exact) mass is 193 g/mol. The highest BCUT2D eigenvalue weighted by Crippen LogP contribution is 2.16. The summed E-state index contributed by atoms with van der Waals surface area (Å²) < 4.78 is 0. The average molecular weight is 193 g/mol. The van der Waals surface area contributed by atoms with Gasteiger partial charge in [-0.25, -0.2) is 15.0 Å². The average Bonchev–Trinajstić information content (AvgIpc) is 2.61. The number of fused-ring (bicyclic) bond motifs is 1. The lowest BCUT2D eigenvalue weighted by atomic mass is 10.1. The molecule has 0 radical (unpaired) electrons. The fraction of sp³-hybridized carbons (Fsp3) is 0.375. The molecule has 0 aliphatic heterocycles. The molecule has 0 bridgehead atoms. The maximum atomic E-state index is 9.05. The standard InChI is InChI=1S/C8H11N5O/c1-8(9,3-14)7-12-5-2-10-4-11-6(5)13-7/h2,4,14H,3,9H2,1H3,(H,10,11,12,13). The molecule has 6 heteroatoms. The fourth-order valence-corrected chi connectivity index (χ4v) is 1.11. The molecule has 1 unspecified atom stereocenters. The van der Waals surface area contributed by atoms with Gasteiger partial charge in [-0.1, -0.05) is 0 Å². The molecule has 14 heavy (non-hydrogen) atoms. The SMILES string of the molecule is CC(N)(CO)c1nc2ncncc2[nH]1. The lowest BCUT2D eigenvalue weighted by molar-refractivity contribution is 0.204. The van der Waals surface area contributed by atoms with E-state index in [1.54, 1.807) is 13.1 Å². The molecule has 0 aliphatic rings. The highest BCUT2D eigenvalue weighted by molar-refractivity contribution is 5.68. The third kappa shape index (κ3) is 1.34. The maximum absolute atomic E-state index is 9.05. The van der Waals surface area contributed by atoms with Crippen LogP contribution in [0.4, 0.5) is 0 Å². The first-order valence-electron chi connectivity index (χ1n) is 4.19. The summed E-state index contributed by atoms with van der Waals surface area (Å²) in [7, 11) is 0. The molecule has 74 valence electrons. The summed E-state index contributed by atoms with van der Waals surface area (Å²) in [5, 5.41) is 9.05. The topological polar surface area (TPSA) is 101 Å². The van der Waals surface area contributed by atoms with Gasteiger partial charge in [0.1, 0.15) is 17.7 Å². The van der Waals surface area contributed by atoms with Crippen molar-refractivity contribution >= 4 is 11.2 Å². The van der Waals surface area contributed by atoms with Gasteiger partial charge in [0.15, 0.2) is 5.65 Å². The highest BCUT2D eigenvalue weighted by Gasteiger charge is 2.24. The van der Waals surface area contributed by atoms with Gasteiger partial charge in [-0.05, 0) is 6.92 Å². The number of aromatic amines is 1. The summed E-state index contributed by atoms with van der Waals surface area (Å²) >= 11 is 0. The van der Waals surface area contributed by atoms with Gasteiger partial charge in [0.05, 0.1) is 18.3 Å². The third-order valence-electron chi connectivity index (χ3n) is 2.03. The zero-order valence-corrected chi connectivity index (χ0v) is 7.73. The van der Waals surface area contributed by atoms with Crippen molar-refractivity contribution in [3.8, 4) is 0 Å². The zero-order valence-electron chi connectivity index (χ0n) is 7.73. The van der Waals surface area contributed by atoms with Crippen molar-refractivity contribution in [3.05, 3.63) is 18.3 Å². The molecule has 0 fully saturated rings. The number of aromatic nitrogens is 4. The van der Waals surface area contributed by atoms with Crippen molar-refractivity contribution in [2.45, 2.75) is 12.5 Å². The second-order valence-corrected chi connectivity index (χ2v) is 3.42. The van der Waals surface area contributed by atoms with E-state index in [9.17, 15) is 0 Å². The van der Waals surface area contributed by atoms with E-state index in [1.165, 1.54) is 6.33 Å².